The summed E-state index contributed by atoms with van der Waals surface area (Å²) in [5.74, 6) is 0.0650. The van der Waals surface area contributed by atoms with Crippen LogP contribution in [-0.4, -0.2) is 27.1 Å². The summed E-state index contributed by atoms with van der Waals surface area (Å²) in [4.78, 5) is 0. The molecule has 0 fully saturated rings. The first-order chi connectivity index (χ1) is 11.6. The van der Waals surface area contributed by atoms with Crippen LogP contribution >= 0.6 is 0 Å². The molecule has 0 spiro atoms. The van der Waals surface area contributed by atoms with Crippen LogP contribution in [0.3, 0.4) is 0 Å². The fourth-order valence-corrected chi connectivity index (χ4v) is 2.47. The van der Waals surface area contributed by atoms with Crippen molar-refractivity contribution in [1.29, 1.82) is 0 Å². The van der Waals surface area contributed by atoms with Gasteiger partial charge in [-0.25, -0.2) is 4.39 Å². The molecule has 3 aromatic rings. The minimum Gasteiger partial charge on any atom is -0.508 e. The molecule has 2 N–H and O–H groups in total. The van der Waals surface area contributed by atoms with Gasteiger partial charge < -0.3 is 14.9 Å². The molecule has 0 radical (unpaired) electrons. The van der Waals surface area contributed by atoms with Crippen molar-refractivity contribution in [1.82, 2.24) is 9.78 Å². The quantitative estimate of drug-likeness (QED) is 0.755. The number of phenolic OH excluding ortho intramolecular Hbond substituents is 1. The molecule has 6 heteroatoms. The smallest absolute Gasteiger partial charge is 0.123 e. The highest BCUT2D eigenvalue weighted by Gasteiger charge is 2.15. The van der Waals surface area contributed by atoms with E-state index in [1.54, 1.807) is 18.0 Å². The van der Waals surface area contributed by atoms with E-state index in [0.717, 1.165) is 29.1 Å². The van der Waals surface area contributed by atoms with Crippen molar-refractivity contribution in [2.24, 2.45) is 0 Å². The molecule has 2 aromatic carbocycles. The molecule has 0 amide bonds. The summed E-state index contributed by atoms with van der Waals surface area (Å²) in [5.41, 5.74) is 1.74. The van der Waals surface area contributed by atoms with Crippen LogP contribution in [0.2, 0.25) is 0 Å². The predicted octanol–water partition coefficient (Wildman–Crippen LogP) is 3.14. The lowest BCUT2D eigenvalue weighted by molar-refractivity contribution is 0.148. The van der Waals surface area contributed by atoms with E-state index in [4.69, 9.17) is 4.74 Å². The van der Waals surface area contributed by atoms with Crippen LogP contribution in [0.15, 0.2) is 54.7 Å². The van der Waals surface area contributed by atoms with Crippen LogP contribution in [0.5, 0.6) is 11.5 Å². The Labute approximate surface area is 138 Å². The minimum atomic E-state index is -1.07. The van der Waals surface area contributed by atoms with Gasteiger partial charge in [-0.2, -0.15) is 5.10 Å². The second kappa shape index (κ2) is 6.72. The number of benzene rings is 2. The number of aromatic nitrogens is 2. The third-order valence-electron chi connectivity index (χ3n) is 3.71. The molecule has 0 aliphatic carbocycles. The third kappa shape index (κ3) is 3.38. The maximum Gasteiger partial charge on any atom is 0.123 e. The Morgan fingerprint density at radius 1 is 1.21 bits per heavy atom. The molecule has 0 aliphatic rings. The monoisotopic (exact) mass is 328 g/mol. The van der Waals surface area contributed by atoms with Gasteiger partial charge in [-0.3, -0.25) is 4.68 Å². The number of phenols is 1. The molecule has 1 unspecified atom stereocenters. The maximum absolute atomic E-state index is 13.3. The normalized spacial score (nSPS) is 12.1. The molecule has 1 aromatic heterocycles. The molecule has 0 saturated carbocycles. The highest BCUT2D eigenvalue weighted by molar-refractivity contribution is 5.60. The van der Waals surface area contributed by atoms with Crippen molar-refractivity contribution in [3.63, 3.8) is 0 Å². The topological polar surface area (TPSA) is 67.5 Å². The molecular weight excluding hydrogens is 311 g/mol. The number of rotatable bonds is 5. The Morgan fingerprint density at radius 2 is 2.04 bits per heavy atom. The van der Waals surface area contributed by atoms with Crippen molar-refractivity contribution in [3.05, 3.63) is 66.1 Å². The lowest BCUT2D eigenvalue weighted by Crippen LogP contribution is -2.09. The van der Waals surface area contributed by atoms with Crippen LogP contribution in [0.1, 0.15) is 11.7 Å². The SMILES string of the molecule is COc1cccc(-c2ccn(CC(O)c3cc(F)ccc3O)n2)c1. The van der Waals surface area contributed by atoms with Crippen molar-refractivity contribution in [2.75, 3.05) is 7.11 Å². The van der Waals surface area contributed by atoms with Gasteiger partial charge >= 0.3 is 0 Å². The van der Waals surface area contributed by atoms with Gasteiger partial charge in [0.2, 0.25) is 0 Å². The van der Waals surface area contributed by atoms with Gasteiger partial charge in [0.15, 0.2) is 0 Å². The van der Waals surface area contributed by atoms with Gasteiger partial charge in [0.05, 0.1) is 19.3 Å². The lowest BCUT2D eigenvalue weighted by Gasteiger charge is -2.13. The second-order valence-corrected chi connectivity index (χ2v) is 5.37. The van der Waals surface area contributed by atoms with E-state index in [1.165, 1.54) is 6.07 Å². The Hall–Kier alpha value is -2.86. The second-order valence-electron chi connectivity index (χ2n) is 5.37. The first-order valence-electron chi connectivity index (χ1n) is 7.41. The van der Waals surface area contributed by atoms with Gasteiger partial charge in [-0.1, -0.05) is 12.1 Å². The first kappa shape index (κ1) is 16.0. The summed E-state index contributed by atoms with van der Waals surface area (Å²) >= 11 is 0. The van der Waals surface area contributed by atoms with Crippen molar-refractivity contribution >= 4 is 0 Å². The Bertz CT molecular complexity index is 848. The number of aliphatic hydroxyl groups excluding tert-OH is 1. The zero-order valence-electron chi connectivity index (χ0n) is 13.1. The number of aliphatic hydroxyl groups is 1. The van der Waals surface area contributed by atoms with Gasteiger partial charge in [0.25, 0.3) is 0 Å². The standard InChI is InChI=1S/C18H17FN2O3/c1-24-14-4-2-3-12(9-14)16-7-8-21(20-16)11-18(23)15-10-13(19)5-6-17(15)22/h2-10,18,22-23H,11H2,1H3. The number of ether oxygens (including phenoxy) is 1. The molecule has 3 rings (SSSR count). The molecule has 1 atom stereocenters. The molecule has 0 bridgehead atoms. The molecule has 1 heterocycles. The highest BCUT2D eigenvalue weighted by atomic mass is 19.1. The number of hydrogen-bond acceptors (Lipinski definition) is 4. The summed E-state index contributed by atoms with van der Waals surface area (Å²) in [7, 11) is 1.60. The van der Waals surface area contributed by atoms with Crippen molar-refractivity contribution < 1.29 is 19.3 Å². The van der Waals surface area contributed by atoms with Gasteiger partial charge in [-0.15, -0.1) is 0 Å². The highest BCUT2D eigenvalue weighted by Crippen LogP contribution is 2.27. The predicted molar refractivity (Wildman–Crippen MR) is 87.2 cm³/mol. The minimum absolute atomic E-state index is 0.0982. The van der Waals surface area contributed by atoms with E-state index in [-0.39, 0.29) is 17.9 Å². The summed E-state index contributed by atoms with van der Waals surface area (Å²) in [6, 6.07) is 12.8. The van der Waals surface area contributed by atoms with E-state index < -0.39 is 11.9 Å². The molecule has 0 aliphatic heterocycles. The average molecular weight is 328 g/mol. The zero-order valence-corrected chi connectivity index (χ0v) is 13.1. The number of aromatic hydroxyl groups is 1. The lowest BCUT2D eigenvalue weighted by atomic mass is 10.1. The zero-order chi connectivity index (χ0) is 17.1. The summed E-state index contributed by atoms with van der Waals surface area (Å²) < 4.78 is 20.0. The van der Waals surface area contributed by atoms with Crippen LogP contribution < -0.4 is 4.74 Å². The largest absolute Gasteiger partial charge is 0.508 e. The fourth-order valence-electron chi connectivity index (χ4n) is 2.47. The fraction of sp³-hybridized carbons (Fsp3) is 0.167. The third-order valence-corrected chi connectivity index (χ3v) is 3.71. The summed E-state index contributed by atoms with van der Waals surface area (Å²) in [5, 5.41) is 24.4. The van der Waals surface area contributed by atoms with Gasteiger partial charge in [0.1, 0.15) is 23.4 Å². The number of nitrogens with zero attached hydrogens (tertiary/aromatic N) is 2. The number of halogens is 1. The molecule has 24 heavy (non-hydrogen) atoms. The summed E-state index contributed by atoms with van der Waals surface area (Å²) in [6.45, 7) is 0.0982. The van der Waals surface area contributed by atoms with E-state index in [9.17, 15) is 14.6 Å². The number of hydrogen-bond donors (Lipinski definition) is 2. The summed E-state index contributed by atoms with van der Waals surface area (Å²) in [6.07, 6.45) is 0.646. The maximum atomic E-state index is 13.3. The van der Waals surface area contributed by atoms with Crippen LogP contribution in [0, 0.1) is 5.82 Å². The van der Waals surface area contributed by atoms with Crippen molar-refractivity contribution in [3.8, 4) is 22.8 Å². The number of methoxy groups -OCH3 is 1. The van der Waals surface area contributed by atoms with E-state index >= 15 is 0 Å². The van der Waals surface area contributed by atoms with E-state index in [2.05, 4.69) is 5.10 Å². The van der Waals surface area contributed by atoms with Crippen LogP contribution in [0.25, 0.3) is 11.3 Å². The van der Waals surface area contributed by atoms with Crippen molar-refractivity contribution in [2.45, 2.75) is 12.6 Å². The Morgan fingerprint density at radius 3 is 2.83 bits per heavy atom. The van der Waals surface area contributed by atoms with Crippen LogP contribution in [0.4, 0.5) is 4.39 Å². The molecule has 0 saturated heterocycles. The van der Waals surface area contributed by atoms with Gasteiger partial charge in [0, 0.05) is 17.3 Å². The van der Waals surface area contributed by atoms with Gasteiger partial charge in [-0.05, 0) is 36.4 Å². The molecular formula is C18H17FN2O3. The molecule has 5 nitrogen and oxygen atoms in total. The van der Waals surface area contributed by atoms with Crippen LogP contribution in [-0.2, 0) is 6.54 Å². The first-order valence-corrected chi connectivity index (χ1v) is 7.41. The van der Waals surface area contributed by atoms with E-state index in [0.29, 0.717) is 0 Å². The van der Waals surface area contributed by atoms with E-state index in [1.807, 2.05) is 30.3 Å². The Balaban J connectivity index is 1.79. The molecule has 124 valence electrons. The average Bonchev–Trinajstić information content (AvgIpc) is 3.05. The Kier molecular flexibility index (Phi) is 4.48.